The first-order valence-corrected chi connectivity index (χ1v) is 9.39. The Labute approximate surface area is 166 Å². The smallest absolute Gasteiger partial charge is 0.255 e. The van der Waals surface area contributed by atoms with Gasteiger partial charge in [-0.3, -0.25) is 4.79 Å². The largest absolute Gasteiger partial charge is 0.490 e. The highest BCUT2D eigenvalue weighted by Crippen LogP contribution is 2.30. The molecule has 0 atom stereocenters. The van der Waals surface area contributed by atoms with Crippen molar-refractivity contribution in [2.45, 2.75) is 27.4 Å². The van der Waals surface area contributed by atoms with Crippen LogP contribution in [0.15, 0.2) is 66.7 Å². The van der Waals surface area contributed by atoms with E-state index in [2.05, 4.69) is 5.32 Å². The molecule has 0 heterocycles. The summed E-state index contributed by atoms with van der Waals surface area (Å²) in [5.41, 5.74) is 4.59. The van der Waals surface area contributed by atoms with E-state index in [9.17, 15) is 4.79 Å². The summed E-state index contributed by atoms with van der Waals surface area (Å²) in [6.07, 6.45) is 0. The van der Waals surface area contributed by atoms with Gasteiger partial charge in [0.15, 0.2) is 11.5 Å². The van der Waals surface area contributed by atoms with Crippen LogP contribution < -0.4 is 14.8 Å². The van der Waals surface area contributed by atoms with Crippen molar-refractivity contribution in [2.75, 3.05) is 11.9 Å². The van der Waals surface area contributed by atoms with Crippen LogP contribution in [0, 0.1) is 13.8 Å². The zero-order chi connectivity index (χ0) is 19.9. The molecule has 4 nitrogen and oxygen atoms in total. The fraction of sp³-hybridized carbons (Fsp3) is 0.208. The molecular weight excluding hydrogens is 350 g/mol. The van der Waals surface area contributed by atoms with Crippen molar-refractivity contribution < 1.29 is 14.3 Å². The second-order valence-corrected chi connectivity index (χ2v) is 6.64. The van der Waals surface area contributed by atoms with Gasteiger partial charge in [-0.05, 0) is 56.2 Å². The molecule has 0 aliphatic rings. The lowest BCUT2D eigenvalue weighted by Crippen LogP contribution is -2.13. The number of ether oxygens (including phenoxy) is 2. The number of hydrogen-bond acceptors (Lipinski definition) is 3. The van der Waals surface area contributed by atoms with Gasteiger partial charge >= 0.3 is 0 Å². The van der Waals surface area contributed by atoms with Crippen LogP contribution in [0.1, 0.15) is 34.0 Å². The zero-order valence-corrected chi connectivity index (χ0v) is 16.5. The third-order valence-electron chi connectivity index (χ3n) is 4.37. The average molecular weight is 375 g/mol. The van der Waals surface area contributed by atoms with Crippen molar-refractivity contribution >= 4 is 11.6 Å². The highest BCUT2D eigenvalue weighted by atomic mass is 16.5. The molecule has 3 rings (SSSR count). The molecular formula is C24H25NO3. The number of hydrogen-bond donors (Lipinski definition) is 1. The van der Waals surface area contributed by atoms with Gasteiger partial charge in [-0.2, -0.15) is 0 Å². The van der Waals surface area contributed by atoms with Gasteiger partial charge in [0, 0.05) is 11.3 Å². The van der Waals surface area contributed by atoms with Crippen LogP contribution in [0.2, 0.25) is 0 Å². The first-order chi connectivity index (χ1) is 13.6. The number of rotatable bonds is 7. The first-order valence-electron chi connectivity index (χ1n) is 9.39. The van der Waals surface area contributed by atoms with Crippen molar-refractivity contribution in [1.82, 2.24) is 0 Å². The summed E-state index contributed by atoms with van der Waals surface area (Å²) in [4.78, 5) is 12.7. The fourth-order valence-corrected chi connectivity index (χ4v) is 2.92. The molecule has 0 aliphatic carbocycles. The molecule has 144 valence electrons. The van der Waals surface area contributed by atoms with Crippen molar-refractivity contribution in [3.05, 3.63) is 89.0 Å². The maximum atomic E-state index is 12.7. The number of carbonyl (C=O) groups excluding carboxylic acids is 1. The van der Waals surface area contributed by atoms with E-state index in [0.29, 0.717) is 30.3 Å². The number of aryl methyl sites for hydroxylation is 2. The number of amides is 1. The van der Waals surface area contributed by atoms with Gasteiger partial charge in [0.2, 0.25) is 0 Å². The van der Waals surface area contributed by atoms with E-state index >= 15 is 0 Å². The van der Waals surface area contributed by atoms with Crippen LogP contribution in [0.25, 0.3) is 0 Å². The van der Waals surface area contributed by atoms with E-state index < -0.39 is 0 Å². The molecule has 0 fully saturated rings. The summed E-state index contributed by atoms with van der Waals surface area (Å²) in [5.74, 6) is 1.00. The quantitative estimate of drug-likeness (QED) is 0.590. The molecule has 0 unspecified atom stereocenters. The van der Waals surface area contributed by atoms with Crippen LogP contribution in [0.3, 0.4) is 0 Å². The van der Waals surface area contributed by atoms with Crippen molar-refractivity contribution in [2.24, 2.45) is 0 Å². The monoisotopic (exact) mass is 375 g/mol. The Bertz CT molecular complexity index is 951. The topological polar surface area (TPSA) is 47.6 Å². The van der Waals surface area contributed by atoms with Crippen LogP contribution in [0.4, 0.5) is 5.69 Å². The van der Waals surface area contributed by atoms with Crippen molar-refractivity contribution in [3.63, 3.8) is 0 Å². The van der Waals surface area contributed by atoms with Gasteiger partial charge in [0.05, 0.1) is 6.61 Å². The van der Waals surface area contributed by atoms with E-state index in [4.69, 9.17) is 9.47 Å². The van der Waals surface area contributed by atoms with Crippen LogP contribution in [-0.4, -0.2) is 12.5 Å². The van der Waals surface area contributed by atoms with Crippen molar-refractivity contribution in [3.8, 4) is 11.5 Å². The molecule has 0 aromatic heterocycles. The Morgan fingerprint density at radius 1 is 0.893 bits per heavy atom. The average Bonchev–Trinajstić information content (AvgIpc) is 2.70. The van der Waals surface area contributed by atoms with Crippen LogP contribution >= 0.6 is 0 Å². The lowest BCUT2D eigenvalue weighted by Gasteiger charge is -2.14. The highest BCUT2D eigenvalue weighted by Gasteiger charge is 2.13. The molecule has 0 saturated carbocycles. The fourth-order valence-electron chi connectivity index (χ4n) is 2.92. The Morgan fingerprint density at radius 3 is 2.39 bits per heavy atom. The molecule has 4 heteroatoms. The summed E-state index contributed by atoms with van der Waals surface area (Å²) in [5, 5.41) is 2.97. The van der Waals surface area contributed by atoms with E-state index in [1.807, 2.05) is 69.3 Å². The van der Waals surface area contributed by atoms with E-state index in [1.54, 1.807) is 18.2 Å². The normalized spacial score (nSPS) is 10.4. The summed E-state index contributed by atoms with van der Waals surface area (Å²) < 4.78 is 11.6. The van der Waals surface area contributed by atoms with Crippen molar-refractivity contribution in [1.29, 1.82) is 0 Å². The third kappa shape index (κ3) is 4.92. The summed E-state index contributed by atoms with van der Waals surface area (Å²) in [6.45, 7) is 6.85. The molecule has 0 spiro atoms. The molecule has 0 bridgehead atoms. The predicted octanol–water partition coefficient (Wildman–Crippen LogP) is 5.53. The van der Waals surface area contributed by atoms with E-state index in [-0.39, 0.29) is 5.91 Å². The minimum absolute atomic E-state index is 0.178. The van der Waals surface area contributed by atoms with Gasteiger partial charge in [0.25, 0.3) is 5.91 Å². The van der Waals surface area contributed by atoms with Gasteiger partial charge in [-0.25, -0.2) is 0 Å². The molecule has 0 aliphatic heterocycles. The van der Waals surface area contributed by atoms with Crippen LogP contribution in [0.5, 0.6) is 11.5 Å². The third-order valence-corrected chi connectivity index (χ3v) is 4.37. The minimum Gasteiger partial charge on any atom is -0.490 e. The number of carbonyl (C=O) groups is 1. The second kappa shape index (κ2) is 9.09. The lowest BCUT2D eigenvalue weighted by atomic mass is 10.1. The standard InChI is InChI=1S/C24H25NO3/c1-4-27-23-15-20(24(26)25-21-12-10-17(2)14-18(21)3)11-13-22(23)28-16-19-8-6-5-7-9-19/h5-15H,4,16H2,1-3H3,(H,25,26). The molecule has 28 heavy (non-hydrogen) atoms. The van der Waals surface area contributed by atoms with Gasteiger partial charge in [-0.15, -0.1) is 0 Å². The molecule has 3 aromatic rings. The Balaban J connectivity index is 1.76. The van der Waals surface area contributed by atoms with E-state index in [0.717, 1.165) is 22.4 Å². The maximum absolute atomic E-state index is 12.7. The van der Waals surface area contributed by atoms with Gasteiger partial charge < -0.3 is 14.8 Å². The molecule has 1 N–H and O–H groups in total. The Kier molecular flexibility index (Phi) is 6.33. The lowest BCUT2D eigenvalue weighted by molar-refractivity contribution is 0.102. The number of benzene rings is 3. The van der Waals surface area contributed by atoms with Gasteiger partial charge in [0.1, 0.15) is 6.61 Å². The Morgan fingerprint density at radius 2 is 1.68 bits per heavy atom. The molecule has 0 saturated heterocycles. The predicted molar refractivity (Wildman–Crippen MR) is 112 cm³/mol. The highest BCUT2D eigenvalue weighted by molar-refractivity contribution is 6.05. The minimum atomic E-state index is -0.178. The van der Waals surface area contributed by atoms with E-state index in [1.165, 1.54) is 0 Å². The zero-order valence-electron chi connectivity index (χ0n) is 16.5. The SMILES string of the molecule is CCOc1cc(C(=O)Nc2ccc(C)cc2C)ccc1OCc1ccccc1. The Hall–Kier alpha value is -3.27. The summed E-state index contributed by atoms with van der Waals surface area (Å²) in [7, 11) is 0. The number of anilines is 1. The number of nitrogens with one attached hydrogen (secondary N) is 1. The summed E-state index contributed by atoms with van der Waals surface area (Å²) >= 11 is 0. The maximum Gasteiger partial charge on any atom is 0.255 e. The van der Waals surface area contributed by atoms with Gasteiger partial charge in [-0.1, -0.05) is 48.0 Å². The molecule has 1 amide bonds. The molecule has 0 radical (unpaired) electrons. The molecule has 3 aromatic carbocycles. The van der Waals surface area contributed by atoms with Crippen LogP contribution in [-0.2, 0) is 6.61 Å². The first kappa shape index (κ1) is 19.5. The summed E-state index contributed by atoms with van der Waals surface area (Å²) in [6, 6.07) is 21.1. The second-order valence-electron chi connectivity index (χ2n) is 6.64.